The van der Waals surface area contributed by atoms with Gasteiger partial charge in [0.2, 0.25) is 11.7 Å². The molecule has 0 N–H and O–H groups in total. The first kappa shape index (κ1) is 15.0. The van der Waals surface area contributed by atoms with Gasteiger partial charge in [-0.25, -0.2) is 0 Å². The van der Waals surface area contributed by atoms with E-state index in [1.54, 1.807) is 7.11 Å². The van der Waals surface area contributed by atoms with Crippen LogP contribution in [0.2, 0.25) is 0 Å². The Morgan fingerprint density at radius 1 is 1.27 bits per heavy atom. The molecule has 6 heteroatoms. The van der Waals surface area contributed by atoms with Gasteiger partial charge in [-0.05, 0) is 38.1 Å². The molecule has 22 heavy (non-hydrogen) atoms. The van der Waals surface area contributed by atoms with Crippen LogP contribution in [0.25, 0.3) is 11.4 Å². The van der Waals surface area contributed by atoms with Crippen molar-refractivity contribution in [3.8, 4) is 17.1 Å². The molecule has 0 aliphatic carbocycles. The lowest BCUT2D eigenvalue weighted by atomic mass is 10.2. The fourth-order valence-electron chi connectivity index (χ4n) is 2.54. The highest BCUT2D eigenvalue weighted by Crippen LogP contribution is 2.21. The number of benzene rings is 1. The molecular formula is C16H21N3O3. The molecule has 6 nitrogen and oxygen atoms in total. The van der Waals surface area contributed by atoms with Crippen molar-refractivity contribution in [1.82, 2.24) is 15.0 Å². The molecule has 2 heterocycles. The van der Waals surface area contributed by atoms with E-state index in [4.69, 9.17) is 14.0 Å². The van der Waals surface area contributed by atoms with Crippen LogP contribution in [-0.2, 0) is 11.3 Å². The minimum Gasteiger partial charge on any atom is -0.497 e. The summed E-state index contributed by atoms with van der Waals surface area (Å²) in [6.45, 7) is 6.49. The molecule has 118 valence electrons. The molecule has 1 aromatic heterocycles. The summed E-state index contributed by atoms with van der Waals surface area (Å²) in [7, 11) is 1.64. The van der Waals surface area contributed by atoms with E-state index in [9.17, 15) is 0 Å². The summed E-state index contributed by atoms with van der Waals surface area (Å²) in [5.74, 6) is 2.04. The zero-order chi connectivity index (χ0) is 15.5. The van der Waals surface area contributed by atoms with Crippen LogP contribution < -0.4 is 4.74 Å². The Hall–Kier alpha value is -1.92. The molecule has 3 rings (SSSR count). The third-order valence-corrected chi connectivity index (χ3v) is 3.89. The van der Waals surface area contributed by atoms with Gasteiger partial charge in [0, 0.05) is 18.2 Å². The fraction of sp³-hybridized carbons (Fsp3) is 0.500. The summed E-state index contributed by atoms with van der Waals surface area (Å²) >= 11 is 0. The molecule has 1 aromatic carbocycles. The number of rotatable bonds is 4. The number of hydrogen-bond donors (Lipinski definition) is 0. The van der Waals surface area contributed by atoms with E-state index in [-0.39, 0.29) is 6.10 Å². The van der Waals surface area contributed by atoms with Crippen molar-refractivity contribution in [1.29, 1.82) is 0 Å². The molecule has 0 spiro atoms. The second-order valence-electron chi connectivity index (χ2n) is 5.66. The van der Waals surface area contributed by atoms with Crippen molar-refractivity contribution in [2.45, 2.75) is 32.5 Å². The third kappa shape index (κ3) is 3.28. The first-order chi connectivity index (χ1) is 10.7. The Morgan fingerprint density at radius 2 is 2.05 bits per heavy atom. The molecule has 0 radical (unpaired) electrons. The van der Waals surface area contributed by atoms with Crippen molar-refractivity contribution in [2.75, 3.05) is 20.3 Å². The van der Waals surface area contributed by atoms with E-state index >= 15 is 0 Å². The lowest BCUT2D eigenvalue weighted by Gasteiger charge is -2.35. The van der Waals surface area contributed by atoms with Gasteiger partial charge in [0.05, 0.1) is 26.4 Å². The molecule has 2 aromatic rings. The predicted octanol–water partition coefficient (Wildman–Crippen LogP) is 2.35. The van der Waals surface area contributed by atoms with Crippen LogP contribution in [0, 0.1) is 0 Å². The minimum absolute atomic E-state index is 0.236. The number of ether oxygens (including phenoxy) is 2. The van der Waals surface area contributed by atoms with E-state index in [2.05, 4.69) is 28.9 Å². The zero-order valence-electron chi connectivity index (χ0n) is 13.2. The monoisotopic (exact) mass is 303 g/mol. The standard InChI is InChI=1S/C16H21N3O3/c1-11-10-21-12(2)8-19(11)9-15-17-16(18-22-15)13-4-6-14(20-3)7-5-13/h4-7,11-12H,8-10H2,1-3H3/t11-,12-/m1/s1. The van der Waals surface area contributed by atoms with E-state index in [1.165, 1.54) is 0 Å². The average Bonchev–Trinajstić information content (AvgIpc) is 2.99. The molecule has 0 amide bonds. The van der Waals surface area contributed by atoms with Gasteiger partial charge in [0.15, 0.2) is 0 Å². The molecule has 0 bridgehead atoms. The van der Waals surface area contributed by atoms with Gasteiger partial charge < -0.3 is 14.0 Å². The predicted molar refractivity (Wildman–Crippen MR) is 81.6 cm³/mol. The van der Waals surface area contributed by atoms with Crippen LogP contribution >= 0.6 is 0 Å². The van der Waals surface area contributed by atoms with Crippen LogP contribution in [0.1, 0.15) is 19.7 Å². The highest BCUT2D eigenvalue weighted by molar-refractivity contribution is 5.55. The van der Waals surface area contributed by atoms with Gasteiger partial charge in [-0.1, -0.05) is 5.16 Å². The molecular weight excluding hydrogens is 282 g/mol. The Kier molecular flexibility index (Phi) is 4.40. The van der Waals surface area contributed by atoms with Gasteiger partial charge in [0.1, 0.15) is 5.75 Å². The van der Waals surface area contributed by atoms with Crippen molar-refractivity contribution in [3.63, 3.8) is 0 Å². The molecule has 0 saturated carbocycles. The first-order valence-corrected chi connectivity index (χ1v) is 7.48. The summed E-state index contributed by atoms with van der Waals surface area (Å²) in [6, 6.07) is 7.97. The van der Waals surface area contributed by atoms with Crippen LogP contribution in [0.3, 0.4) is 0 Å². The van der Waals surface area contributed by atoms with Crippen molar-refractivity contribution >= 4 is 0 Å². The number of hydrogen-bond acceptors (Lipinski definition) is 6. The molecule has 2 atom stereocenters. The Morgan fingerprint density at radius 3 is 2.77 bits per heavy atom. The minimum atomic E-state index is 0.236. The molecule has 1 fully saturated rings. The molecule has 1 aliphatic heterocycles. The second kappa shape index (κ2) is 6.46. The van der Waals surface area contributed by atoms with Gasteiger partial charge in [-0.15, -0.1) is 0 Å². The number of nitrogens with zero attached hydrogens (tertiary/aromatic N) is 3. The Labute approximate surface area is 130 Å². The van der Waals surface area contributed by atoms with Crippen LogP contribution in [0.4, 0.5) is 0 Å². The first-order valence-electron chi connectivity index (χ1n) is 7.48. The van der Waals surface area contributed by atoms with E-state index in [0.717, 1.165) is 24.5 Å². The second-order valence-corrected chi connectivity index (χ2v) is 5.66. The summed E-state index contributed by atoms with van der Waals surface area (Å²) in [5.41, 5.74) is 0.916. The highest BCUT2D eigenvalue weighted by atomic mass is 16.5. The van der Waals surface area contributed by atoms with Crippen LogP contribution in [0.5, 0.6) is 5.75 Å². The van der Waals surface area contributed by atoms with Crippen LogP contribution in [0.15, 0.2) is 28.8 Å². The van der Waals surface area contributed by atoms with Crippen LogP contribution in [-0.4, -0.2) is 47.4 Å². The van der Waals surface area contributed by atoms with E-state index in [1.807, 2.05) is 24.3 Å². The Bertz CT molecular complexity index is 611. The zero-order valence-corrected chi connectivity index (χ0v) is 13.2. The summed E-state index contributed by atoms with van der Waals surface area (Å²) in [4.78, 5) is 6.79. The van der Waals surface area contributed by atoms with Crippen molar-refractivity contribution in [2.24, 2.45) is 0 Å². The number of aromatic nitrogens is 2. The van der Waals surface area contributed by atoms with Gasteiger partial charge in [0.25, 0.3) is 0 Å². The van der Waals surface area contributed by atoms with Gasteiger partial charge in [-0.2, -0.15) is 4.98 Å². The normalized spacial score (nSPS) is 22.7. The lowest BCUT2D eigenvalue weighted by molar-refractivity contribution is -0.0555. The SMILES string of the molecule is COc1ccc(-c2noc(CN3C[C@@H](C)OC[C@H]3C)n2)cc1. The maximum absolute atomic E-state index is 5.63. The summed E-state index contributed by atoms with van der Waals surface area (Å²) in [6.07, 6.45) is 0.236. The Balaban J connectivity index is 1.70. The largest absolute Gasteiger partial charge is 0.497 e. The average molecular weight is 303 g/mol. The smallest absolute Gasteiger partial charge is 0.241 e. The summed E-state index contributed by atoms with van der Waals surface area (Å²) in [5, 5.41) is 4.07. The fourth-order valence-corrected chi connectivity index (χ4v) is 2.54. The molecule has 1 aliphatic rings. The molecule has 1 saturated heterocycles. The van der Waals surface area contributed by atoms with E-state index in [0.29, 0.717) is 24.3 Å². The maximum Gasteiger partial charge on any atom is 0.241 e. The quantitative estimate of drug-likeness (QED) is 0.864. The van der Waals surface area contributed by atoms with Crippen molar-refractivity contribution < 1.29 is 14.0 Å². The lowest BCUT2D eigenvalue weighted by Crippen LogP contribution is -2.46. The summed E-state index contributed by atoms with van der Waals surface area (Å²) < 4.78 is 16.2. The van der Waals surface area contributed by atoms with Gasteiger partial charge in [-0.3, -0.25) is 4.90 Å². The topological polar surface area (TPSA) is 60.6 Å². The highest BCUT2D eigenvalue weighted by Gasteiger charge is 2.25. The van der Waals surface area contributed by atoms with Crippen molar-refractivity contribution in [3.05, 3.63) is 30.2 Å². The third-order valence-electron chi connectivity index (χ3n) is 3.89. The molecule has 0 unspecified atom stereocenters. The maximum atomic E-state index is 5.63. The number of morpholine rings is 1. The number of methoxy groups -OCH3 is 1. The van der Waals surface area contributed by atoms with Gasteiger partial charge >= 0.3 is 0 Å². The van der Waals surface area contributed by atoms with E-state index < -0.39 is 0 Å².